The third-order valence-corrected chi connectivity index (χ3v) is 1.67. The molecule has 0 atom stereocenters. The Morgan fingerprint density at radius 3 is 2.00 bits per heavy atom. The number of rotatable bonds is 3. The minimum Gasteiger partial charge on any atom is -0.478 e. The van der Waals surface area contributed by atoms with Crippen molar-refractivity contribution in [2.45, 2.75) is 6.92 Å². The van der Waals surface area contributed by atoms with Crippen molar-refractivity contribution < 1.29 is 24.5 Å². The number of carbonyl (C=O) groups is 2. The zero-order chi connectivity index (χ0) is 12.1. The molecule has 82 valence electrons. The maximum atomic E-state index is 10.7. The molecule has 16 heavy (non-hydrogen) atoms. The van der Waals surface area contributed by atoms with E-state index in [1.807, 2.05) is 0 Å². The van der Waals surface area contributed by atoms with Crippen LogP contribution >= 0.6 is 0 Å². The lowest BCUT2D eigenvalue weighted by Crippen LogP contribution is -2.03. The fourth-order valence-corrected chi connectivity index (χ4v) is 1.01. The molecule has 0 amide bonds. The van der Waals surface area contributed by atoms with E-state index in [1.165, 1.54) is 12.1 Å². The minimum absolute atomic E-state index is 0.0895. The van der Waals surface area contributed by atoms with Crippen LogP contribution in [0.2, 0.25) is 0 Å². The number of hydrogen-bond acceptors (Lipinski definition) is 3. The van der Waals surface area contributed by atoms with Gasteiger partial charge in [0, 0.05) is 6.92 Å². The van der Waals surface area contributed by atoms with Crippen molar-refractivity contribution in [2.75, 3.05) is 0 Å². The first-order valence-electron chi connectivity index (χ1n) is 4.25. The fourth-order valence-electron chi connectivity index (χ4n) is 1.01. The summed E-state index contributed by atoms with van der Waals surface area (Å²) in [5, 5.41) is 17.5. The quantitative estimate of drug-likeness (QED) is 0.753. The smallest absolute Gasteiger partial charge is 0.335 e. The molecule has 5 nitrogen and oxygen atoms in total. The Morgan fingerprint density at radius 2 is 1.62 bits per heavy atom. The molecular weight excluding hydrogens is 212 g/mol. The Labute approximate surface area is 91.3 Å². The summed E-state index contributed by atoms with van der Waals surface area (Å²) in [4.78, 5) is 21.4. The molecule has 0 aliphatic heterocycles. The van der Waals surface area contributed by atoms with Crippen molar-refractivity contribution in [2.24, 2.45) is 0 Å². The van der Waals surface area contributed by atoms with Gasteiger partial charge < -0.3 is 14.9 Å². The Morgan fingerprint density at radius 1 is 1.12 bits per heavy atom. The summed E-state index contributed by atoms with van der Waals surface area (Å²) in [6.07, 6.45) is 2.26. The maximum Gasteiger partial charge on any atom is 0.335 e. The average Bonchev–Trinajstić information content (AvgIpc) is 2.25. The third-order valence-electron chi connectivity index (χ3n) is 1.67. The monoisotopic (exact) mass is 220 g/mol. The molecule has 5 heteroatoms. The number of carboxylic acids is 2. The van der Waals surface area contributed by atoms with Crippen molar-refractivity contribution in [3.8, 4) is 17.8 Å². The van der Waals surface area contributed by atoms with Crippen LogP contribution in [0.5, 0.6) is 5.75 Å². The molecule has 0 unspecified atom stereocenters. The summed E-state index contributed by atoms with van der Waals surface area (Å²) in [5.74, 6) is 0.0867. The van der Waals surface area contributed by atoms with E-state index in [9.17, 15) is 9.59 Å². The summed E-state index contributed by atoms with van der Waals surface area (Å²) in [5.41, 5.74) is -0.319. The van der Waals surface area contributed by atoms with Crippen molar-refractivity contribution in [1.29, 1.82) is 0 Å². The standard InChI is InChI=1S/C11H8O5/c1-2-3-16-9-5-7(10(12)13)4-8(6-9)11(14)15/h4-6H,1H3,(H,12,13)(H,14,15). The summed E-state index contributed by atoms with van der Waals surface area (Å²) in [6.45, 7) is 1.54. The number of carboxylic acid groups (broad SMARTS) is 2. The summed E-state index contributed by atoms with van der Waals surface area (Å²) in [6, 6.07) is 3.47. The molecule has 0 aliphatic rings. The van der Waals surface area contributed by atoms with Crippen molar-refractivity contribution in [3.05, 3.63) is 29.3 Å². The van der Waals surface area contributed by atoms with Gasteiger partial charge in [-0.3, -0.25) is 0 Å². The second-order valence-electron chi connectivity index (χ2n) is 2.81. The van der Waals surface area contributed by atoms with Crippen LogP contribution in [-0.4, -0.2) is 22.2 Å². The van der Waals surface area contributed by atoms with Crippen LogP contribution in [0, 0.1) is 12.0 Å². The first kappa shape index (κ1) is 11.6. The maximum absolute atomic E-state index is 10.7. The number of aromatic carboxylic acids is 2. The Bertz CT molecular complexity index is 461. The molecule has 0 aliphatic carbocycles. The number of benzene rings is 1. The fraction of sp³-hybridized carbons (Fsp3) is 0.0909. The SMILES string of the molecule is CC#COc1cc(C(=O)O)cc(C(=O)O)c1. The molecule has 0 saturated heterocycles. The van der Waals surface area contributed by atoms with Gasteiger partial charge in [-0.05, 0) is 18.2 Å². The summed E-state index contributed by atoms with van der Waals surface area (Å²) in [7, 11) is 0. The van der Waals surface area contributed by atoms with E-state index in [0.717, 1.165) is 6.07 Å². The summed E-state index contributed by atoms with van der Waals surface area (Å²) < 4.78 is 4.85. The van der Waals surface area contributed by atoms with Gasteiger partial charge in [-0.25, -0.2) is 9.59 Å². The van der Waals surface area contributed by atoms with Crippen LogP contribution in [-0.2, 0) is 0 Å². The predicted octanol–water partition coefficient (Wildman–Crippen LogP) is 1.44. The largest absolute Gasteiger partial charge is 0.478 e. The first-order valence-corrected chi connectivity index (χ1v) is 4.25. The third kappa shape index (κ3) is 2.75. The molecule has 0 fully saturated rings. The highest BCUT2D eigenvalue weighted by molar-refractivity contribution is 5.94. The average molecular weight is 220 g/mol. The Hall–Kier alpha value is -2.48. The zero-order valence-corrected chi connectivity index (χ0v) is 8.35. The van der Waals surface area contributed by atoms with Gasteiger partial charge in [-0.1, -0.05) is 5.92 Å². The highest BCUT2D eigenvalue weighted by Gasteiger charge is 2.11. The molecule has 0 aromatic heterocycles. The molecule has 1 rings (SSSR count). The van der Waals surface area contributed by atoms with E-state index in [0.29, 0.717) is 0 Å². The predicted molar refractivity (Wildman–Crippen MR) is 54.4 cm³/mol. The van der Waals surface area contributed by atoms with Crippen LogP contribution < -0.4 is 4.74 Å². The van der Waals surface area contributed by atoms with E-state index in [-0.39, 0.29) is 16.9 Å². The Balaban J connectivity index is 3.21. The van der Waals surface area contributed by atoms with E-state index in [1.54, 1.807) is 6.92 Å². The van der Waals surface area contributed by atoms with Crippen LogP contribution in [0.4, 0.5) is 0 Å². The normalized spacial score (nSPS) is 8.81. The van der Waals surface area contributed by atoms with Gasteiger partial charge in [0.1, 0.15) is 11.9 Å². The molecule has 0 radical (unpaired) electrons. The molecule has 0 spiro atoms. The second-order valence-corrected chi connectivity index (χ2v) is 2.81. The molecule has 0 bridgehead atoms. The van der Waals surface area contributed by atoms with Gasteiger partial charge in [0.15, 0.2) is 0 Å². The summed E-state index contributed by atoms with van der Waals surface area (Å²) >= 11 is 0. The van der Waals surface area contributed by atoms with E-state index in [4.69, 9.17) is 14.9 Å². The molecular formula is C11H8O5. The van der Waals surface area contributed by atoms with E-state index < -0.39 is 11.9 Å². The van der Waals surface area contributed by atoms with Crippen molar-refractivity contribution in [1.82, 2.24) is 0 Å². The van der Waals surface area contributed by atoms with E-state index in [2.05, 4.69) is 12.0 Å². The van der Waals surface area contributed by atoms with Gasteiger partial charge in [-0.15, -0.1) is 0 Å². The lowest BCUT2D eigenvalue weighted by molar-refractivity contribution is 0.0696. The molecule has 0 heterocycles. The van der Waals surface area contributed by atoms with Crippen LogP contribution in [0.3, 0.4) is 0 Å². The highest BCUT2D eigenvalue weighted by atomic mass is 16.5. The lowest BCUT2D eigenvalue weighted by atomic mass is 10.1. The van der Waals surface area contributed by atoms with Crippen molar-refractivity contribution >= 4 is 11.9 Å². The van der Waals surface area contributed by atoms with Gasteiger partial charge >= 0.3 is 11.9 Å². The van der Waals surface area contributed by atoms with Crippen LogP contribution in [0.1, 0.15) is 27.6 Å². The zero-order valence-electron chi connectivity index (χ0n) is 8.35. The first-order chi connectivity index (χ1) is 7.54. The molecule has 0 saturated carbocycles. The molecule has 1 aromatic rings. The van der Waals surface area contributed by atoms with Crippen LogP contribution in [0.15, 0.2) is 18.2 Å². The molecule has 1 aromatic carbocycles. The second kappa shape index (κ2) is 4.84. The van der Waals surface area contributed by atoms with Crippen LogP contribution in [0.25, 0.3) is 0 Å². The number of hydrogen-bond donors (Lipinski definition) is 2. The topological polar surface area (TPSA) is 83.8 Å². The van der Waals surface area contributed by atoms with Crippen molar-refractivity contribution in [3.63, 3.8) is 0 Å². The Kier molecular flexibility index (Phi) is 3.51. The highest BCUT2D eigenvalue weighted by Crippen LogP contribution is 2.17. The van der Waals surface area contributed by atoms with Gasteiger partial charge in [0.25, 0.3) is 0 Å². The van der Waals surface area contributed by atoms with Gasteiger partial charge in [0.05, 0.1) is 11.1 Å². The van der Waals surface area contributed by atoms with Gasteiger partial charge in [0.2, 0.25) is 0 Å². The van der Waals surface area contributed by atoms with Gasteiger partial charge in [-0.2, -0.15) is 0 Å². The molecule has 2 N–H and O–H groups in total. The minimum atomic E-state index is -1.22. The lowest BCUT2D eigenvalue weighted by Gasteiger charge is -2.02. The van der Waals surface area contributed by atoms with E-state index >= 15 is 0 Å². The number of ether oxygens (including phenoxy) is 1.